The van der Waals surface area contributed by atoms with Crippen LogP contribution in [0.5, 0.6) is 5.75 Å². The molecule has 8 heteroatoms. The summed E-state index contributed by atoms with van der Waals surface area (Å²) in [6.45, 7) is -4.96. The van der Waals surface area contributed by atoms with Crippen LogP contribution in [-0.2, 0) is 6.61 Å². The van der Waals surface area contributed by atoms with Crippen molar-refractivity contribution in [2.24, 2.45) is 0 Å². The molecule has 2 nitrogen and oxygen atoms in total. The van der Waals surface area contributed by atoms with Gasteiger partial charge in [0.1, 0.15) is 18.2 Å². The maximum absolute atomic E-state index is 12.8. The third-order valence-corrected chi connectivity index (χ3v) is 2.43. The molecule has 0 atom stereocenters. The zero-order valence-corrected chi connectivity index (χ0v) is 13.8. The van der Waals surface area contributed by atoms with Gasteiger partial charge in [-0.15, -0.1) is 5.46 Å². The Morgan fingerprint density at radius 1 is 1.05 bits per heavy atom. The molecule has 2 rings (SSSR count). The first kappa shape index (κ1) is 17.6. The Morgan fingerprint density at radius 2 is 1.70 bits per heavy atom. The molecule has 0 amide bonds. The number of halogens is 4. The van der Waals surface area contributed by atoms with Gasteiger partial charge in [-0.05, 0) is 18.2 Å². The van der Waals surface area contributed by atoms with E-state index in [0.717, 1.165) is 18.3 Å². The Morgan fingerprint density at radius 3 is 2.25 bits per heavy atom. The van der Waals surface area contributed by atoms with E-state index >= 15 is 0 Å². The SMILES string of the molecule is Fc1cncc(COc2ccc([B-](F)(F)F)cc2)c1.[K+]. The number of hydrogen-bond donors (Lipinski definition) is 0. The van der Waals surface area contributed by atoms with Crippen LogP contribution in [0.15, 0.2) is 42.7 Å². The number of ether oxygens (including phenoxy) is 1. The van der Waals surface area contributed by atoms with E-state index in [-0.39, 0.29) is 63.7 Å². The second-order valence-electron chi connectivity index (χ2n) is 3.94. The molecule has 1 heterocycles. The molecule has 1 aromatic carbocycles. The van der Waals surface area contributed by atoms with Gasteiger partial charge in [0.05, 0.1) is 6.20 Å². The van der Waals surface area contributed by atoms with Crippen LogP contribution in [0.4, 0.5) is 17.3 Å². The third-order valence-electron chi connectivity index (χ3n) is 2.43. The molecule has 0 radical (unpaired) electrons. The molecule has 2 aromatic rings. The van der Waals surface area contributed by atoms with Gasteiger partial charge < -0.3 is 17.7 Å². The molecule has 20 heavy (non-hydrogen) atoms. The number of nitrogens with zero attached hydrogens (tertiary/aromatic N) is 1. The van der Waals surface area contributed by atoms with E-state index in [0.29, 0.717) is 5.56 Å². The molecule has 0 aliphatic rings. The smallest absolute Gasteiger partial charge is 0.489 e. The van der Waals surface area contributed by atoms with Gasteiger partial charge in [0.25, 0.3) is 0 Å². The quantitative estimate of drug-likeness (QED) is 0.579. The second-order valence-corrected chi connectivity index (χ2v) is 3.94. The number of hydrogen-bond acceptors (Lipinski definition) is 2. The van der Waals surface area contributed by atoms with Gasteiger partial charge >= 0.3 is 58.4 Å². The predicted molar refractivity (Wildman–Crippen MR) is 63.7 cm³/mol. The van der Waals surface area contributed by atoms with Crippen LogP contribution < -0.4 is 61.6 Å². The van der Waals surface area contributed by atoms with E-state index in [9.17, 15) is 17.3 Å². The topological polar surface area (TPSA) is 22.1 Å². The summed E-state index contributed by atoms with van der Waals surface area (Å²) in [6.07, 6.45) is 2.49. The summed E-state index contributed by atoms with van der Waals surface area (Å²) in [6, 6.07) is 5.63. The van der Waals surface area contributed by atoms with E-state index in [1.165, 1.54) is 24.4 Å². The van der Waals surface area contributed by atoms with E-state index in [1.807, 2.05) is 0 Å². The van der Waals surface area contributed by atoms with Crippen LogP contribution in [0.3, 0.4) is 0 Å². The number of aromatic nitrogens is 1. The van der Waals surface area contributed by atoms with E-state index < -0.39 is 18.3 Å². The Hall–Kier alpha value is -0.409. The Labute approximate surface area is 156 Å². The van der Waals surface area contributed by atoms with Crippen molar-refractivity contribution >= 4 is 12.4 Å². The molecule has 100 valence electrons. The fraction of sp³-hybridized carbons (Fsp3) is 0.0833. The first-order valence-electron chi connectivity index (χ1n) is 5.47. The van der Waals surface area contributed by atoms with Crippen LogP contribution in [-0.4, -0.2) is 12.0 Å². The van der Waals surface area contributed by atoms with Crippen molar-refractivity contribution in [1.29, 1.82) is 0 Å². The van der Waals surface area contributed by atoms with Crippen LogP contribution in [0.2, 0.25) is 0 Å². The van der Waals surface area contributed by atoms with Gasteiger partial charge in [-0.1, -0.05) is 12.1 Å². The average molecular weight is 309 g/mol. The molecule has 0 N–H and O–H groups in total. The van der Waals surface area contributed by atoms with Crippen molar-refractivity contribution < 1.29 is 73.5 Å². The Bertz CT molecular complexity index is 562. The minimum Gasteiger partial charge on any atom is -0.489 e. The van der Waals surface area contributed by atoms with Crippen molar-refractivity contribution in [2.45, 2.75) is 6.61 Å². The first-order chi connectivity index (χ1) is 8.95. The molecule has 1 aromatic heterocycles. The maximum Gasteiger partial charge on any atom is 1.00 e. The third kappa shape index (κ3) is 5.17. The summed E-state index contributed by atoms with van der Waals surface area (Å²) in [7, 11) is 0. The fourth-order valence-corrected chi connectivity index (χ4v) is 1.48. The average Bonchev–Trinajstić information content (AvgIpc) is 2.36. The van der Waals surface area contributed by atoms with Gasteiger partial charge in [0, 0.05) is 11.8 Å². The minimum atomic E-state index is -5.00. The molecule has 0 spiro atoms. The molecule has 0 fully saturated rings. The summed E-state index contributed by atoms with van der Waals surface area (Å²) in [5, 5.41) is 0. The molecule has 0 aliphatic carbocycles. The van der Waals surface area contributed by atoms with Crippen molar-refractivity contribution in [2.75, 3.05) is 0 Å². The first-order valence-corrected chi connectivity index (χ1v) is 5.47. The zero-order valence-electron chi connectivity index (χ0n) is 10.7. The molecule has 0 bridgehead atoms. The summed E-state index contributed by atoms with van der Waals surface area (Å²) < 4.78 is 55.2. The normalized spacial score (nSPS) is 10.8. The van der Waals surface area contributed by atoms with Gasteiger partial charge in [-0.3, -0.25) is 4.98 Å². The van der Waals surface area contributed by atoms with Gasteiger partial charge in [-0.2, -0.15) is 0 Å². The summed E-state index contributed by atoms with van der Waals surface area (Å²) in [4.78, 5) is 3.64. The van der Waals surface area contributed by atoms with Gasteiger partial charge in [0.2, 0.25) is 0 Å². The summed E-state index contributed by atoms with van der Waals surface area (Å²) in [5.74, 6) is -0.204. The van der Waals surface area contributed by atoms with E-state index in [4.69, 9.17) is 4.74 Å². The molecule has 0 saturated heterocycles. The fourth-order valence-electron chi connectivity index (χ4n) is 1.48. The van der Waals surface area contributed by atoms with E-state index in [1.54, 1.807) is 0 Å². The minimum absolute atomic E-state index is 0. The van der Waals surface area contributed by atoms with Crippen molar-refractivity contribution in [3.8, 4) is 5.75 Å². The molecule has 0 saturated carbocycles. The van der Waals surface area contributed by atoms with Gasteiger partial charge in [-0.25, -0.2) is 4.39 Å². The van der Waals surface area contributed by atoms with Gasteiger partial charge in [0.15, 0.2) is 0 Å². The largest absolute Gasteiger partial charge is 1.00 e. The number of benzene rings is 1. The van der Waals surface area contributed by atoms with Crippen molar-refractivity contribution in [1.82, 2.24) is 4.98 Å². The Balaban J connectivity index is 0.00000200. The van der Waals surface area contributed by atoms with Crippen LogP contribution in [0.1, 0.15) is 5.56 Å². The Kier molecular flexibility index (Phi) is 6.67. The van der Waals surface area contributed by atoms with Crippen molar-refractivity contribution in [3.63, 3.8) is 0 Å². The zero-order chi connectivity index (χ0) is 13.9. The molecule has 0 unspecified atom stereocenters. The van der Waals surface area contributed by atoms with Crippen LogP contribution in [0.25, 0.3) is 0 Å². The molecule has 0 aliphatic heterocycles. The maximum atomic E-state index is 12.8. The van der Waals surface area contributed by atoms with Crippen LogP contribution in [0, 0.1) is 5.82 Å². The molecular weight excluding hydrogens is 300 g/mol. The standard InChI is InChI=1S/C12H9BF4NO.K/c14-11-5-9(6-18-7-11)8-19-12-3-1-10(2-4-12)13(15,16)17;/h1-7H,8H2;/q-1;+1. The van der Waals surface area contributed by atoms with Crippen molar-refractivity contribution in [3.05, 3.63) is 54.1 Å². The van der Waals surface area contributed by atoms with Crippen LogP contribution >= 0.6 is 0 Å². The number of rotatable bonds is 4. The van der Waals surface area contributed by atoms with E-state index in [2.05, 4.69) is 4.98 Å². The second kappa shape index (κ2) is 7.56. The predicted octanol–water partition coefficient (Wildman–Crippen LogP) is -0.142. The molecular formula is C12H9BF4KNO. The summed E-state index contributed by atoms with van der Waals surface area (Å²) in [5.41, 5.74) is -0.177. The number of pyridine rings is 1. The summed E-state index contributed by atoms with van der Waals surface area (Å²) >= 11 is 0. The monoisotopic (exact) mass is 309 g/mol.